The van der Waals surface area contributed by atoms with E-state index in [1.807, 2.05) is 6.92 Å². The Balaban J connectivity index is 2.52. The van der Waals surface area contributed by atoms with Gasteiger partial charge in [0.25, 0.3) is 10.2 Å². The van der Waals surface area contributed by atoms with Crippen LogP contribution in [0, 0.1) is 5.92 Å². The van der Waals surface area contributed by atoms with Gasteiger partial charge < -0.3 is 10.6 Å². The molecule has 1 saturated heterocycles. The molecule has 118 valence electrons. The van der Waals surface area contributed by atoms with Crippen LogP contribution in [0.15, 0.2) is 0 Å². The summed E-state index contributed by atoms with van der Waals surface area (Å²) in [6.07, 6.45) is 1.62. The summed E-state index contributed by atoms with van der Waals surface area (Å²) in [5, 5.41) is 0. The van der Waals surface area contributed by atoms with Gasteiger partial charge in [-0.15, -0.1) is 0 Å². The fourth-order valence-corrected chi connectivity index (χ4v) is 3.32. The lowest BCUT2D eigenvalue weighted by Crippen LogP contribution is -2.53. The molecule has 8 heteroatoms. The van der Waals surface area contributed by atoms with Gasteiger partial charge in [0, 0.05) is 46.2 Å². The van der Waals surface area contributed by atoms with Gasteiger partial charge in [0.15, 0.2) is 0 Å². The second-order valence-electron chi connectivity index (χ2n) is 5.35. The quantitative estimate of drug-likeness (QED) is 0.704. The van der Waals surface area contributed by atoms with Crippen LogP contribution in [0.3, 0.4) is 0 Å². The first kappa shape index (κ1) is 17.4. The lowest BCUT2D eigenvalue weighted by Gasteiger charge is -2.36. The fourth-order valence-electron chi connectivity index (χ4n) is 2.23. The SMILES string of the molecule is CC(CCCN)C(=O)N1CCN(S(=O)(=O)N(C)C)CC1. The number of nitrogens with zero attached hydrogens (tertiary/aromatic N) is 3. The standard InChI is InChI=1S/C12H26N4O3S/c1-11(5-4-6-13)12(17)15-7-9-16(10-8-15)20(18,19)14(2)3/h11H,4-10,13H2,1-3H3. The van der Waals surface area contributed by atoms with E-state index >= 15 is 0 Å². The molecule has 0 spiro atoms. The predicted molar refractivity (Wildman–Crippen MR) is 78.2 cm³/mol. The predicted octanol–water partition coefficient (Wildman–Crippen LogP) is -0.688. The number of rotatable bonds is 6. The Kier molecular flexibility index (Phi) is 6.38. The molecule has 0 saturated carbocycles. The van der Waals surface area contributed by atoms with Crippen LogP contribution in [0.2, 0.25) is 0 Å². The Morgan fingerprint density at radius 3 is 2.25 bits per heavy atom. The van der Waals surface area contributed by atoms with E-state index in [9.17, 15) is 13.2 Å². The van der Waals surface area contributed by atoms with Gasteiger partial charge in [-0.05, 0) is 19.4 Å². The van der Waals surface area contributed by atoms with E-state index in [2.05, 4.69) is 0 Å². The molecular formula is C12H26N4O3S. The van der Waals surface area contributed by atoms with E-state index in [1.165, 1.54) is 22.7 Å². The van der Waals surface area contributed by atoms with Gasteiger partial charge in [-0.1, -0.05) is 6.92 Å². The minimum atomic E-state index is -3.37. The lowest BCUT2D eigenvalue weighted by atomic mass is 10.0. The Labute approximate surface area is 121 Å². The third-order valence-corrected chi connectivity index (χ3v) is 5.54. The summed E-state index contributed by atoms with van der Waals surface area (Å²) < 4.78 is 26.6. The first-order valence-corrected chi connectivity index (χ1v) is 8.37. The highest BCUT2D eigenvalue weighted by Gasteiger charge is 2.31. The van der Waals surface area contributed by atoms with Crippen LogP contribution in [-0.4, -0.2) is 74.7 Å². The van der Waals surface area contributed by atoms with Gasteiger partial charge in [0.2, 0.25) is 5.91 Å². The minimum Gasteiger partial charge on any atom is -0.340 e. The molecule has 1 heterocycles. The summed E-state index contributed by atoms with van der Waals surface area (Å²) in [4.78, 5) is 14.0. The number of nitrogens with two attached hydrogens (primary N) is 1. The maximum absolute atomic E-state index is 12.2. The second kappa shape index (κ2) is 7.35. The Bertz CT molecular complexity index is 416. The number of hydrogen-bond donors (Lipinski definition) is 1. The van der Waals surface area contributed by atoms with Gasteiger partial charge in [0.05, 0.1) is 0 Å². The first-order chi connectivity index (χ1) is 9.30. The van der Waals surface area contributed by atoms with Crippen molar-refractivity contribution in [3.05, 3.63) is 0 Å². The highest BCUT2D eigenvalue weighted by atomic mass is 32.2. The van der Waals surface area contributed by atoms with Crippen LogP contribution in [-0.2, 0) is 15.0 Å². The topological polar surface area (TPSA) is 87.0 Å². The van der Waals surface area contributed by atoms with Crippen molar-refractivity contribution in [2.75, 3.05) is 46.8 Å². The maximum Gasteiger partial charge on any atom is 0.281 e. The molecule has 1 atom stereocenters. The van der Waals surface area contributed by atoms with Crippen molar-refractivity contribution < 1.29 is 13.2 Å². The normalized spacial score (nSPS) is 19.4. The maximum atomic E-state index is 12.2. The van der Waals surface area contributed by atoms with Crippen LogP contribution in [0.25, 0.3) is 0 Å². The van der Waals surface area contributed by atoms with Crippen molar-refractivity contribution in [2.45, 2.75) is 19.8 Å². The molecule has 1 unspecified atom stereocenters. The van der Waals surface area contributed by atoms with E-state index in [-0.39, 0.29) is 11.8 Å². The minimum absolute atomic E-state index is 0.0458. The molecule has 20 heavy (non-hydrogen) atoms. The van der Waals surface area contributed by atoms with E-state index in [1.54, 1.807) is 4.90 Å². The van der Waals surface area contributed by atoms with Crippen LogP contribution in [0.4, 0.5) is 0 Å². The third kappa shape index (κ3) is 4.15. The lowest BCUT2D eigenvalue weighted by molar-refractivity contribution is -0.136. The highest BCUT2D eigenvalue weighted by Crippen LogP contribution is 2.14. The summed E-state index contributed by atoms with van der Waals surface area (Å²) >= 11 is 0. The number of amides is 1. The molecule has 0 radical (unpaired) electrons. The zero-order valence-electron chi connectivity index (χ0n) is 12.6. The molecule has 7 nitrogen and oxygen atoms in total. The summed E-state index contributed by atoms with van der Waals surface area (Å²) in [5.74, 6) is 0.0518. The van der Waals surface area contributed by atoms with Crippen molar-refractivity contribution in [3.8, 4) is 0 Å². The van der Waals surface area contributed by atoms with E-state index in [4.69, 9.17) is 5.73 Å². The third-order valence-electron chi connectivity index (χ3n) is 3.60. The van der Waals surface area contributed by atoms with Gasteiger partial charge >= 0.3 is 0 Å². The molecule has 2 N–H and O–H groups in total. The summed E-state index contributed by atoms with van der Waals surface area (Å²) in [7, 11) is -0.340. The largest absolute Gasteiger partial charge is 0.340 e. The van der Waals surface area contributed by atoms with E-state index in [0.717, 1.165) is 12.8 Å². The average molecular weight is 306 g/mol. The van der Waals surface area contributed by atoms with Gasteiger partial charge in [-0.25, -0.2) is 0 Å². The summed E-state index contributed by atoms with van der Waals surface area (Å²) in [6.45, 7) is 4.12. The Morgan fingerprint density at radius 1 is 1.25 bits per heavy atom. The molecule has 0 aromatic heterocycles. The van der Waals surface area contributed by atoms with Crippen molar-refractivity contribution in [3.63, 3.8) is 0 Å². The van der Waals surface area contributed by atoms with Crippen molar-refractivity contribution in [1.29, 1.82) is 0 Å². The second-order valence-corrected chi connectivity index (χ2v) is 7.49. The molecule has 0 aliphatic carbocycles. The highest BCUT2D eigenvalue weighted by molar-refractivity contribution is 7.86. The molecule has 1 aliphatic rings. The molecule has 1 rings (SSSR count). The first-order valence-electron chi connectivity index (χ1n) is 6.97. The zero-order chi connectivity index (χ0) is 15.3. The molecule has 1 fully saturated rings. The number of carbonyl (C=O) groups excluding carboxylic acids is 1. The van der Waals surface area contributed by atoms with Gasteiger partial charge in [0.1, 0.15) is 0 Å². The summed E-state index contributed by atoms with van der Waals surface area (Å²) in [5.41, 5.74) is 5.45. The van der Waals surface area contributed by atoms with Crippen molar-refractivity contribution in [1.82, 2.24) is 13.5 Å². The molecule has 1 amide bonds. The van der Waals surface area contributed by atoms with Crippen LogP contribution in [0.5, 0.6) is 0 Å². The Hall–Kier alpha value is -0.700. The van der Waals surface area contributed by atoms with Crippen molar-refractivity contribution in [2.24, 2.45) is 11.7 Å². The molecular weight excluding hydrogens is 280 g/mol. The monoisotopic (exact) mass is 306 g/mol. The van der Waals surface area contributed by atoms with Gasteiger partial charge in [-0.3, -0.25) is 4.79 Å². The van der Waals surface area contributed by atoms with E-state index < -0.39 is 10.2 Å². The average Bonchev–Trinajstić information content (AvgIpc) is 2.43. The smallest absolute Gasteiger partial charge is 0.281 e. The molecule has 1 aliphatic heterocycles. The van der Waals surface area contributed by atoms with E-state index in [0.29, 0.717) is 32.7 Å². The number of carbonyl (C=O) groups is 1. The van der Waals surface area contributed by atoms with Crippen LogP contribution >= 0.6 is 0 Å². The number of hydrogen-bond acceptors (Lipinski definition) is 4. The molecule has 0 aromatic carbocycles. The summed E-state index contributed by atoms with van der Waals surface area (Å²) in [6, 6.07) is 0. The zero-order valence-corrected chi connectivity index (χ0v) is 13.4. The molecule has 0 bridgehead atoms. The van der Waals surface area contributed by atoms with Gasteiger partial charge in [-0.2, -0.15) is 17.0 Å². The fraction of sp³-hybridized carbons (Fsp3) is 0.917. The Morgan fingerprint density at radius 2 is 1.80 bits per heavy atom. The van der Waals surface area contributed by atoms with Crippen LogP contribution in [0.1, 0.15) is 19.8 Å². The molecule has 0 aromatic rings. The van der Waals surface area contributed by atoms with Crippen LogP contribution < -0.4 is 5.73 Å². The number of piperazine rings is 1. The van der Waals surface area contributed by atoms with Crippen molar-refractivity contribution >= 4 is 16.1 Å².